The summed E-state index contributed by atoms with van der Waals surface area (Å²) >= 11 is 0. The van der Waals surface area contributed by atoms with E-state index < -0.39 is 0 Å². The van der Waals surface area contributed by atoms with Gasteiger partial charge >= 0.3 is 0 Å². The third kappa shape index (κ3) is 7.11. The average molecular weight is 611 g/mol. The molecule has 1 aliphatic rings. The third-order valence-electron chi connectivity index (χ3n) is 9.23. The van der Waals surface area contributed by atoms with Crippen LogP contribution in [0, 0.1) is 6.92 Å². The number of carbonyl (C=O) groups is 1. The lowest BCUT2D eigenvalue weighted by Gasteiger charge is -2.42. The molecule has 5 aromatic rings. The van der Waals surface area contributed by atoms with Crippen LogP contribution < -0.4 is 4.90 Å². The second kappa shape index (κ2) is 14.7. The van der Waals surface area contributed by atoms with Gasteiger partial charge < -0.3 is 14.4 Å². The number of rotatable bonds is 11. The van der Waals surface area contributed by atoms with E-state index in [9.17, 15) is 4.79 Å². The standard InChI is InChI=1S/C41H46N4O/c1-4-5-24-42(3)36-22-15-23-37(29-36)45-32(2)27-39(40(45)35-20-13-8-14-21-35)41(46)44-26-25-43(30-34-18-11-7-12-19-34)31-38(44)28-33-16-9-6-10-17-33/h6-23,27,29,38H,4-5,24-26,28,30-31H2,1-3H3. The Kier molecular flexibility index (Phi) is 10.00. The first kappa shape index (κ1) is 31.4. The Hall–Kier alpha value is -4.61. The molecule has 1 fully saturated rings. The van der Waals surface area contributed by atoms with Gasteiger partial charge in [-0.2, -0.15) is 0 Å². The van der Waals surface area contributed by atoms with Crippen LogP contribution in [0.1, 0.15) is 46.9 Å². The lowest BCUT2D eigenvalue weighted by atomic mass is 9.99. The maximum absolute atomic E-state index is 14.8. The second-order valence-electron chi connectivity index (χ2n) is 12.6. The molecule has 5 nitrogen and oxygen atoms in total. The van der Waals surface area contributed by atoms with Crippen molar-refractivity contribution in [2.24, 2.45) is 0 Å². The molecule has 4 aromatic carbocycles. The van der Waals surface area contributed by atoms with E-state index in [4.69, 9.17) is 0 Å². The van der Waals surface area contributed by atoms with Crippen molar-refractivity contribution in [1.29, 1.82) is 0 Å². The van der Waals surface area contributed by atoms with Gasteiger partial charge in [0.15, 0.2) is 0 Å². The van der Waals surface area contributed by atoms with E-state index in [1.165, 1.54) is 16.8 Å². The summed E-state index contributed by atoms with van der Waals surface area (Å²) in [4.78, 5) is 21.8. The van der Waals surface area contributed by atoms with Crippen molar-refractivity contribution in [1.82, 2.24) is 14.4 Å². The van der Waals surface area contributed by atoms with Gasteiger partial charge in [0.05, 0.1) is 11.3 Å². The number of carbonyl (C=O) groups excluding carboxylic acids is 1. The number of amides is 1. The SMILES string of the molecule is CCCCN(C)c1cccc(-n2c(C)cc(C(=O)N3CCN(Cc4ccccc4)CC3Cc3ccccc3)c2-c2ccccc2)c1. The Balaban J connectivity index is 1.37. The Morgan fingerprint density at radius 3 is 2.17 bits per heavy atom. The molecule has 1 atom stereocenters. The molecule has 0 saturated carbocycles. The molecule has 0 N–H and O–H groups in total. The first-order chi connectivity index (χ1) is 22.5. The summed E-state index contributed by atoms with van der Waals surface area (Å²) in [6.07, 6.45) is 3.14. The van der Waals surface area contributed by atoms with Crippen LogP contribution in [0.5, 0.6) is 0 Å². The summed E-state index contributed by atoms with van der Waals surface area (Å²) in [5, 5.41) is 0. The molecule has 0 aliphatic carbocycles. The van der Waals surface area contributed by atoms with Gasteiger partial charge in [0.25, 0.3) is 5.91 Å². The predicted octanol–water partition coefficient (Wildman–Crippen LogP) is 8.26. The number of hydrogen-bond donors (Lipinski definition) is 0. The number of nitrogens with zero attached hydrogens (tertiary/aromatic N) is 4. The van der Waals surface area contributed by atoms with E-state index >= 15 is 0 Å². The van der Waals surface area contributed by atoms with E-state index in [-0.39, 0.29) is 11.9 Å². The van der Waals surface area contributed by atoms with Gasteiger partial charge in [-0.3, -0.25) is 9.69 Å². The van der Waals surface area contributed by atoms with Crippen LogP contribution in [0.4, 0.5) is 5.69 Å². The topological polar surface area (TPSA) is 31.7 Å². The average Bonchev–Trinajstić information content (AvgIpc) is 3.45. The van der Waals surface area contributed by atoms with Crippen LogP contribution in [-0.4, -0.2) is 59.5 Å². The first-order valence-electron chi connectivity index (χ1n) is 16.7. The highest BCUT2D eigenvalue weighted by molar-refractivity contribution is 6.01. The third-order valence-corrected chi connectivity index (χ3v) is 9.23. The van der Waals surface area contributed by atoms with Crippen LogP contribution >= 0.6 is 0 Å². The van der Waals surface area contributed by atoms with E-state index in [2.05, 4.69) is 155 Å². The number of unbranched alkanes of at least 4 members (excludes halogenated alkanes) is 1. The zero-order valence-electron chi connectivity index (χ0n) is 27.5. The van der Waals surface area contributed by atoms with Crippen LogP contribution in [0.2, 0.25) is 0 Å². The fourth-order valence-electron chi connectivity index (χ4n) is 6.80. The first-order valence-corrected chi connectivity index (χ1v) is 16.7. The van der Waals surface area contributed by atoms with Crippen molar-refractivity contribution in [3.63, 3.8) is 0 Å². The van der Waals surface area contributed by atoms with Crippen molar-refractivity contribution in [2.45, 2.75) is 45.7 Å². The molecular weight excluding hydrogens is 564 g/mol. The second-order valence-corrected chi connectivity index (χ2v) is 12.6. The minimum absolute atomic E-state index is 0.0650. The van der Waals surface area contributed by atoms with Crippen molar-refractivity contribution in [2.75, 3.05) is 38.1 Å². The van der Waals surface area contributed by atoms with Crippen LogP contribution in [0.3, 0.4) is 0 Å². The number of hydrogen-bond acceptors (Lipinski definition) is 3. The Morgan fingerprint density at radius 2 is 1.48 bits per heavy atom. The van der Waals surface area contributed by atoms with Crippen LogP contribution in [0.15, 0.2) is 121 Å². The van der Waals surface area contributed by atoms with Crippen molar-refractivity contribution >= 4 is 11.6 Å². The molecule has 2 heterocycles. The molecule has 0 spiro atoms. The molecule has 1 unspecified atom stereocenters. The van der Waals surface area contributed by atoms with E-state index in [1.54, 1.807) is 0 Å². The van der Waals surface area contributed by atoms with Gasteiger partial charge in [0, 0.05) is 62.9 Å². The van der Waals surface area contributed by atoms with Crippen molar-refractivity contribution in [3.8, 4) is 16.9 Å². The number of aromatic nitrogens is 1. The maximum Gasteiger partial charge on any atom is 0.256 e. The highest BCUT2D eigenvalue weighted by Gasteiger charge is 2.34. The minimum atomic E-state index is 0.0650. The van der Waals surface area contributed by atoms with Gasteiger partial charge in [-0.15, -0.1) is 0 Å². The quantitative estimate of drug-likeness (QED) is 0.151. The molecule has 5 heteroatoms. The molecule has 1 aliphatic heterocycles. The summed E-state index contributed by atoms with van der Waals surface area (Å²) in [7, 11) is 2.16. The van der Waals surface area contributed by atoms with E-state index in [0.717, 1.165) is 73.6 Å². The van der Waals surface area contributed by atoms with Gasteiger partial charge in [-0.05, 0) is 60.7 Å². The Labute approximate surface area is 274 Å². The number of benzene rings is 4. The number of aryl methyl sites for hydroxylation is 1. The molecule has 236 valence electrons. The highest BCUT2D eigenvalue weighted by Crippen LogP contribution is 2.34. The molecule has 6 rings (SSSR count). The van der Waals surface area contributed by atoms with Gasteiger partial charge in [0.1, 0.15) is 0 Å². The Bertz CT molecular complexity index is 1710. The molecule has 1 aromatic heterocycles. The molecule has 0 radical (unpaired) electrons. The van der Waals surface area contributed by atoms with Crippen LogP contribution in [0.25, 0.3) is 16.9 Å². The maximum atomic E-state index is 14.8. The Morgan fingerprint density at radius 1 is 0.804 bits per heavy atom. The van der Waals surface area contributed by atoms with E-state index in [0.29, 0.717) is 6.54 Å². The summed E-state index contributed by atoms with van der Waals surface area (Å²) in [5.41, 5.74) is 8.65. The largest absolute Gasteiger partial charge is 0.375 e. The molecule has 1 saturated heterocycles. The zero-order valence-corrected chi connectivity index (χ0v) is 27.5. The minimum Gasteiger partial charge on any atom is -0.375 e. The molecule has 1 amide bonds. The van der Waals surface area contributed by atoms with Crippen molar-refractivity contribution in [3.05, 3.63) is 144 Å². The van der Waals surface area contributed by atoms with Crippen LogP contribution in [-0.2, 0) is 13.0 Å². The van der Waals surface area contributed by atoms with E-state index in [1.807, 2.05) is 6.07 Å². The lowest BCUT2D eigenvalue weighted by Crippen LogP contribution is -2.55. The van der Waals surface area contributed by atoms with Crippen molar-refractivity contribution < 1.29 is 4.79 Å². The zero-order chi connectivity index (χ0) is 31.9. The monoisotopic (exact) mass is 610 g/mol. The van der Waals surface area contributed by atoms with Gasteiger partial charge in [0.2, 0.25) is 0 Å². The number of piperazine rings is 1. The predicted molar refractivity (Wildman–Crippen MR) is 191 cm³/mol. The molecule has 0 bridgehead atoms. The molecular formula is C41H46N4O. The van der Waals surface area contributed by atoms with Gasteiger partial charge in [-0.25, -0.2) is 0 Å². The summed E-state index contributed by atoms with van der Waals surface area (Å²) in [6.45, 7) is 8.63. The fourth-order valence-corrected chi connectivity index (χ4v) is 6.80. The normalized spacial score (nSPS) is 15.2. The highest BCUT2D eigenvalue weighted by atomic mass is 16.2. The summed E-state index contributed by atoms with van der Waals surface area (Å²) < 4.78 is 2.28. The lowest BCUT2D eigenvalue weighted by molar-refractivity contribution is 0.0439. The fraction of sp³-hybridized carbons (Fsp3) is 0.293. The summed E-state index contributed by atoms with van der Waals surface area (Å²) in [5.74, 6) is 0.109. The summed E-state index contributed by atoms with van der Waals surface area (Å²) in [6, 6.07) is 42.6. The number of anilines is 1. The van der Waals surface area contributed by atoms with Gasteiger partial charge in [-0.1, -0.05) is 110 Å². The molecule has 46 heavy (non-hydrogen) atoms. The smallest absolute Gasteiger partial charge is 0.256 e.